The van der Waals surface area contributed by atoms with Crippen LogP contribution in [0.3, 0.4) is 0 Å². The fraction of sp³-hybridized carbons (Fsp3) is 0.200. The summed E-state index contributed by atoms with van der Waals surface area (Å²) in [6.45, 7) is 0.486. The SMILES string of the molecule is CN1CCC(O)(C#Cc2cccc(-c3ncc4c(Br)cnc(N)c4n3)c2)C1=O. The zero-order valence-corrected chi connectivity index (χ0v) is 16.6. The molecule has 140 valence electrons. The molecule has 1 aromatic carbocycles. The molecule has 1 aliphatic heterocycles. The number of aromatic nitrogens is 3. The largest absolute Gasteiger partial charge is 0.382 e. The number of benzene rings is 1. The second-order valence-electron chi connectivity index (χ2n) is 6.62. The molecule has 7 nitrogen and oxygen atoms in total. The Labute approximate surface area is 169 Å². The van der Waals surface area contributed by atoms with Crippen LogP contribution in [0.4, 0.5) is 5.82 Å². The van der Waals surface area contributed by atoms with Crippen molar-refractivity contribution in [1.29, 1.82) is 0 Å². The third-order valence-electron chi connectivity index (χ3n) is 4.65. The van der Waals surface area contributed by atoms with Crippen LogP contribution in [0.5, 0.6) is 0 Å². The molecule has 3 N–H and O–H groups in total. The molecule has 8 heteroatoms. The van der Waals surface area contributed by atoms with Crippen LogP contribution in [0.2, 0.25) is 0 Å². The van der Waals surface area contributed by atoms with Crippen molar-refractivity contribution in [3.63, 3.8) is 0 Å². The number of carbonyl (C=O) groups is 1. The molecule has 1 amide bonds. The van der Waals surface area contributed by atoms with E-state index in [4.69, 9.17) is 5.73 Å². The number of pyridine rings is 1. The number of anilines is 1. The molecule has 3 heterocycles. The first kappa shape index (κ1) is 18.3. The minimum absolute atomic E-state index is 0.296. The Morgan fingerprint density at radius 3 is 2.89 bits per heavy atom. The van der Waals surface area contributed by atoms with Crippen molar-refractivity contribution >= 4 is 38.6 Å². The number of amides is 1. The number of carbonyl (C=O) groups excluding carboxylic acids is 1. The summed E-state index contributed by atoms with van der Waals surface area (Å²) in [6, 6.07) is 7.29. The average molecular weight is 438 g/mol. The smallest absolute Gasteiger partial charge is 0.267 e. The van der Waals surface area contributed by atoms with Gasteiger partial charge in [0.05, 0.1) is 0 Å². The van der Waals surface area contributed by atoms with E-state index in [1.807, 2.05) is 18.2 Å². The number of nitrogen functional groups attached to an aromatic ring is 1. The molecule has 1 atom stereocenters. The van der Waals surface area contributed by atoms with E-state index in [1.165, 1.54) is 4.90 Å². The molecular weight excluding hydrogens is 422 g/mol. The van der Waals surface area contributed by atoms with Gasteiger partial charge in [0.2, 0.25) is 5.60 Å². The number of rotatable bonds is 1. The predicted octanol–water partition coefficient (Wildman–Crippen LogP) is 1.98. The Hall–Kier alpha value is -3.02. The molecule has 1 unspecified atom stereocenters. The first-order valence-corrected chi connectivity index (χ1v) is 9.35. The quantitative estimate of drug-likeness (QED) is 0.563. The van der Waals surface area contributed by atoms with Gasteiger partial charge in [0.25, 0.3) is 5.91 Å². The number of halogens is 1. The standard InChI is InChI=1S/C20H16BrN5O2/c1-26-8-7-20(28,19(26)27)6-5-12-3-2-4-13(9-12)18-24-10-14-15(21)11-23-17(22)16(14)25-18/h2-4,9-11,28H,7-8H2,1H3,(H2,22,23). The lowest BCUT2D eigenvalue weighted by atomic mass is 10.0. The number of fused-ring (bicyclic) bond motifs is 1. The Balaban J connectivity index is 1.71. The molecule has 28 heavy (non-hydrogen) atoms. The van der Waals surface area contributed by atoms with Crippen molar-refractivity contribution in [3.8, 4) is 23.2 Å². The zero-order chi connectivity index (χ0) is 19.9. The predicted molar refractivity (Wildman–Crippen MR) is 109 cm³/mol. The number of nitrogens with two attached hydrogens (primary N) is 1. The molecule has 0 saturated carbocycles. The molecule has 1 fully saturated rings. The third-order valence-corrected chi connectivity index (χ3v) is 5.28. The molecule has 2 aromatic heterocycles. The van der Waals surface area contributed by atoms with Crippen LogP contribution in [-0.2, 0) is 4.79 Å². The first-order valence-electron chi connectivity index (χ1n) is 8.56. The van der Waals surface area contributed by atoms with E-state index in [-0.39, 0.29) is 5.91 Å². The molecule has 0 radical (unpaired) electrons. The van der Waals surface area contributed by atoms with Gasteiger partial charge in [-0.3, -0.25) is 4.79 Å². The van der Waals surface area contributed by atoms with Crippen molar-refractivity contribution < 1.29 is 9.90 Å². The van der Waals surface area contributed by atoms with Crippen molar-refractivity contribution in [2.24, 2.45) is 0 Å². The van der Waals surface area contributed by atoms with Gasteiger partial charge in [-0.1, -0.05) is 24.0 Å². The zero-order valence-electron chi connectivity index (χ0n) is 15.0. The van der Waals surface area contributed by atoms with E-state index in [1.54, 1.807) is 25.5 Å². The molecule has 1 saturated heterocycles. The highest BCUT2D eigenvalue weighted by Gasteiger charge is 2.42. The topological polar surface area (TPSA) is 105 Å². The van der Waals surface area contributed by atoms with Gasteiger partial charge in [-0.2, -0.15) is 0 Å². The monoisotopic (exact) mass is 437 g/mol. The van der Waals surface area contributed by atoms with E-state index in [0.717, 1.165) is 15.4 Å². The normalized spacial score (nSPS) is 19.0. The lowest BCUT2D eigenvalue weighted by molar-refractivity contribution is -0.137. The Bertz CT molecular complexity index is 1170. The van der Waals surface area contributed by atoms with Crippen LogP contribution >= 0.6 is 15.9 Å². The molecule has 0 bridgehead atoms. The molecule has 0 spiro atoms. The summed E-state index contributed by atoms with van der Waals surface area (Å²) in [6.07, 6.45) is 3.60. The highest BCUT2D eigenvalue weighted by molar-refractivity contribution is 9.10. The van der Waals surface area contributed by atoms with Crippen LogP contribution < -0.4 is 5.73 Å². The molecular formula is C20H16BrN5O2. The molecule has 4 rings (SSSR count). The number of likely N-dealkylation sites (N-methyl/N-ethyl adjacent to an activating group) is 1. The van der Waals surface area contributed by atoms with Gasteiger partial charge in [-0.15, -0.1) is 0 Å². The lowest BCUT2D eigenvalue weighted by Gasteiger charge is -2.13. The summed E-state index contributed by atoms with van der Waals surface area (Å²) in [5.41, 5.74) is 6.28. The molecule has 1 aliphatic rings. The summed E-state index contributed by atoms with van der Waals surface area (Å²) < 4.78 is 0.766. The van der Waals surface area contributed by atoms with E-state index < -0.39 is 5.60 Å². The van der Waals surface area contributed by atoms with Crippen molar-refractivity contribution in [2.45, 2.75) is 12.0 Å². The van der Waals surface area contributed by atoms with Crippen molar-refractivity contribution in [3.05, 3.63) is 46.7 Å². The molecule has 0 aliphatic carbocycles. The number of nitrogens with zero attached hydrogens (tertiary/aromatic N) is 4. The van der Waals surface area contributed by atoms with E-state index in [2.05, 4.69) is 42.7 Å². The van der Waals surface area contributed by atoms with Gasteiger partial charge in [0, 0.05) is 53.4 Å². The lowest BCUT2D eigenvalue weighted by Crippen LogP contribution is -2.37. The van der Waals surface area contributed by atoms with Crippen LogP contribution in [-0.4, -0.2) is 50.1 Å². The first-order chi connectivity index (χ1) is 13.4. The van der Waals surface area contributed by atoms with Crippen molar-refractivity contribution in [1.82, 2.24) is 19.9 Å². The van der Waals surface area contributed by atoms with Gasteiger partial charge in [-0.05, 0) is 28.1 Å². The summed E-state index contributed by atoms with van der Waals surface area (Å²) in [4.78, 5) is 26.6. The van der Waals surface area contributed by atoms with E-state index in [0.29, 0.717) is 35.7 Å². The van der Waals surface area contributed by atoms with E-state index in [9.17, 15) is 9.90 Å². The van der Waals surface area contributed by atoms with Crippen LogP contribution in [0.1, 0.15) is 12.0 Å². The fourth-order valence-corrected chi connectivity index (χ4v) is 3.42. The number of likely N-dealkylation sites (tertiary alicyclic amines) is 1. The highest BCUT2D eigenvalue weighted by atomic mass is 79.9. The van der Waals surface area contributed by atoms with Crippen LogP contribution in [0.25, 0.3) is 22.3 Å². The summed E-state index contributed by atoms with van der Waals surface area (Å²) in [5, 5.41) is 11.2. The van der Waals surface area contributed by atoms with Gasteiger partial charge in [0.15, 0.2) is 5.82 Å². The van der Waals surface area contributed by atoms with Gasteiger partial charge >= 0.3 is 0 Å². The maximum atomic E-state index is 12.1. The second-order valence-corrected chi connectivity index (χ2v) is 7.47. The summed E-state index contributed by atoms with van der Waals surface area (Å²) >= 11 is 3.42. The minimum Gasteiger partial charge on any atom is -0.382 e. The number of aliphatic hydroxyl groups is 1. The average Bonchev–Trinajstić information content (AvgIpc) is 2.97. The fourth-order valence-electron chi connectivity index (χ4n) is 3.03. The number of hydrogen-bond acceptors (Lipinski definition) is 6. The van der Waals surface area contributed by atoms with Crippen LogP contribution in [0.15, 0.2) is 41.1 Å². The van der Waals surface area contributed by atoms with Gasteiger partial charge in [0.1, 0.15) is 11.3 Å². The van der Waals surface area contributed by atoms with E-state index >= 15 is 0 Å². The third kappa shape index (κ3) is 3.19. The summed E-state index contributed by atoms with van der Waals surface area (Å²) in [5.74, 6) is 6.05. The summed E-state index contributed by atoms with van der Waals surface area (Å²) in [7, 11) is 1.65. The maximum absolute atomic E-state index is 12.1. The minimum atomic E-state index is -1.63. The maximum Gasteiger partial charge on any atom is 0.267 e. The highest BCUT2D eigenvalue weighted by Crippen LogP contribution is 2.27. The van der Waals surface area contributed by atoms with Gasteiger partial charge < -0.3 is 15.7 Å². The Morgan fingerprint density at radius 2 is 2.14 bits per heavy atom. The Morgan fingerprint density at radius 1 is 1.32 bits per heavy atom. The second kappa shape index (κ2) is 6.86. The van der Waals surface area contributed by atoms with Crippen LogP contribution in [0, 0.1) is 11.8 Å². The van der Waals surface area contributed by atoms with Gasteiger partial charge in [-0.25, -0.2) is 15.0 Å². The van der Waals surface area contributed by atoms with Crippen molar-refractivity contribution in [2.75, 3.05) is 19.3 Å². The number of hydrogen-bond donors (Lipinski definition) is 2. The Kier molecular flexibility index (Phi) is 4.49. The molecule has 3 aromatic rings.